The molecule has 0 atom stereocenters. The molecule has 1 saturated carbocycles. The summed E-state index contributed by atoms with van der Waals surface area (Å²) in [7, 11) is 0. The molecule has 2 fully saturated rings. The quantitative estimate of drug-likeness (QED) is 0.876. The summed E-state index contributed by atoms with van der Waals surface area (Å²) in [4.78, 5) is 7.48. The molecule has 0 unspecified atom stereocenters. The molecule has 1 aliphatic carbocycles. The van der Waals surface area contributed by atoms with Gasteiger partial charge in [0.25, 0.3) is 0 Å². The van der Waals surface area contributed by atoms with Crippen molar-refractivity contribution < 1.29 is 0 Å². The zero-order valence-corrected chi connectivity index (χ0v) is 15.7. The Hall–Kier alpha value is -1.61. The number of anilines is 1. The zero-order valence-electron chi connectivity index (χ0n) is 15.7. The molecule has 2 aromatic rings. The highest BCUT2D eigenvalue weighted by Crippen LogP contribution is 2.27. The Labute approximate surface area is 151 Å². The van der Waals surface area contributed by atoms with Crippen molar-refractivity contribution >= 4 is 16.7 Å². The second-order valence-electron chi connectivity index (χ2n) is 8.09. The Balaban J connectivity index is 1.42. The summed E-state index contributed by atoms with van der Waals surface area (Å²) in [5, 5.41) is 5.19. The van der Waals surface area contributed by atoms with Crippen molar-refractivity contribution in [3.63, 3.8) is 0 Å². The van der Waals surface area contributed by atoms with E-state index in [-0.39, 0.29) is 0 Å². The highest BCUT2D eigenvalue weighted by molar-refractivity contribution is 5.82. The second kappa shape index (κ2) is 7.33. The monoisotopic (exact) mass is 337 g/mol. The van der Waals surface area contributed by atoms with Gasteiger partial charge in [-0.15, -0.1) is 0 Å². The molecule has 3 heteroatoms. The lowest BCUT2D eigenvalue weighted by atomic mass is 9.93. The highest BCUT2D eigenvalue weighted by Gasteiger charge is 2.24. The summed E-state index contributed by atoms with van der Waals surface area (Å²) in [6.45, 7) is 6.59. The van der Waals surface area contributed by atoms with E-state index < -0.39 is 0 Å². The second-order valence-corrected chi connectivity index (χ2v) is 8.09. The Morgan fingerprint density at radius 1 is 0.920 bits per heavy atom. The van der Waals surface area contributed by atoms with Crippen LogP contribution in [-0.4, -0.2) is 30.2 Å². The molecule has 134 valence electrons. The number of aromatic nitrogens is 1. The predicted octanol–water partition coefficient (Wildman–Crippen LogP) is 4.74. The van der Waals surface area contributed by atoms with Crippen molar-refractivity contribution in [3.8, 4) is 0 Å². The van der Waals surface area contributed by atoms with Crippen molar-refractivity contribution in [2.75, 3.05) is 18.0 Å². The molecule has 0 radical (unpaired) electrons. The number of pyridine rings is 1. The third kappa shape index (κ3) is 3.82. The zero-order chi connectivity index (χ0) is 17.2. The van der Waals surface area contributed by atoms with Gasteiger partial charge in [0.15, 0.2) is 0 Å². The summed E-state index contributed by atoms with van der Waals surface area (Å²) in [5.41, 5.74) is 3.72. The van der Waals surface area contributed by atoms with Crippen LogP contribution in [0.4, 0.5) is 5.82 Å². The number of aryl methyl sites for hydroxylation is 2. The average molecular weight is 338 g/mol. The van der Waals surface area contributed by atoms with Crippen molar-refractivity contribution in [1.82, 2.24) is 10.3 Å². The number of nitrogens with zero attached hydrogens (tertiary/aromatic N) is 2. The number of hydrogen-bond acceptors (Lipinski definition) is 3. The smallest absolute Gasteiger partial charge is 0.132 e. The highest BCUT2D eigenvalue weighted by atomic mass is 15.2. The Kier molecular flexibility index (Phi) is 4.93. The van der Waals surface area contributed by atoms with Gasteiger partial charge in [-0.05, 0) is 63.3 Å². The Morgan fingerprint density at radius 2 is 1.64 bits per heavy atom. The van der Waals surface area contributed by atoms with Gasteiger partial charge >= 0.3 is 0 Å². The maximum absolute atomic E-state index is 4.99. The number of benzene rings is 1. The third-order valence-electron chi connectivity index (χ3n) is 6.01. The first-order valence-corrected chi connectivity index (χ1v) is 10.1. The lowest BCUT2D eigenvalue weighted by Crippen LogP contribution is -2.47. The first kappa shape index (κ1) is 16.8. The predicted molar refractivity (Wildman–Crippen MR) is 106 cm³/mol. The van der Waals surface area contributed by atoms with Gasteiger partial charge in [-0.2, -0.15) is 0 Å². The molecule has 1 aromatic heterocycles. The minimum absolute atomic E-state index is 0.697. The molecular formula is C22H31N3. The van der Waals surface area contributed by atoms with Crippen molar-refractivity contribution in [3.05, 3.63) is 35.4 Å². The molecule has 0 bridgehead atoms. The SMILES string of the molecule is Cc1ccc2nc(N3CCC(NC4CCCCC4)CC3)c(C)cc2c1. The normalized spacial score (nSPS) is 20.3. The lowest BCUT2D eigenvalue weighted by Gasteiger charge is -2.36. The minimum atomic E-state index is 0.697. The maximum atomic E-state index is 4.99. The van der Waals surface area contributed by atoms with Crippen LogP contribution in [0.15, 0.2) is 24.3 Å². The summed E-state index contributed by atoms with van der Waals surface area (Å²) >= 11 is 0. The molecule has 2 aliphatic rings. The molecular weight excluding hydrogens is 306 g/mol. The van der Waals surface area contributed by atoms with Crippen LogP contribution in [0, 0.1) is 13.8 Å². The van der Waals surface area contributed by atoms with Gasteiger partial charge in [0, 0.05) is 30.6 Å². The van der Waals surface area contributed by atoms with E-state index in [0.29, 0.717) is 6.04 Å². The third-order valence-corrected chi connectivity index (χ3v) is 6.01. The first-order chi connectivity index (χ1) is 12.2. The first-order valence-electron chi connectivity index (χ1n) is 10.1. The van der Waals surface area contributed by atoms with Crippen LogP contribution >= 0.6 is 0 Å². The molecule has 4 rings (SSSR count). The van der Waals surface area contributed by atoms with E-state index >= 15 is 0 Å². The van der Waals surface area contributed by atoms with E-state index in [0.717, 1.165) is 24.6 Å². The topological polar surface area (TPSA) is 28.2 Å². The van der Waals surface area contributed by atoms with Gasteiger partial charge in [-0.1, -0.05) is 30.9 Å². The molecule has 1 aliphatic heterocycles. The molecule has 1 aromatic carbocycles. The van der Waals surface area contributed by atoms with E-state index in [2.05, 4.69) is 48.3 Å². The van der Waals surface area contributed by atoms with Crippen LogP contribution < -0.4 is 10.2 Å². The molecule has 0 amide bonds. The molecule has 1 saturated heterocycles. The van der Waals surface area contributed by atoms with Crippen molar-refractivity contribution in [1.29, 1.82) is 0 Å². The Bertz CT molecular complexity index is 725. The van der Waals surface area contributed by atoms with Crippen LogP contribution in [0.1, 0.15) is 56.1 Å². The summed E-state index contributed by atoms with van der Waals surface area (Å²) in [6.07, 6.45) is 9.50. The Morgan fingerprint density at radius 3 is 2.40 bits per heavy atom. The largest absolute Gasteiger partial charge is 0.356 e. The number of rotatable bonds is 3. The van der Waals surface area contributed by atoms with E-state index in [4.69, 9.17) is 4.98 Å². The van der Waals surface area contributed by atoms with Gasteiger partial charge in [-0.3, -0.25) is 0 Å². The summed E-state index contributed by atoms with van der Waals surface area (Å²) in [6, 6.07) is 10.3. The minimum Gasteiger partial charge on any atom is -0.356 e. The van der Waals surface area contributed by atoms with E-state index in [1.54, 1.807) is 0 Å². The van der Waals surface area contributed by atoms with Gasteiger partial charge in [-0.25, -0.2) is 4.98 Å². The average Bonchev–Trinajstić information content (AvgIpc) is 2.63. The van der Waals surface area contributed by atoms with Gasteiger partial charge in [0.05, 0.1) is 5.52 Å². The van der Waals surface area contributed by atoms with Crippen molar-refractivity contribution in [2.45, 2.75) is 70.9 Å². The van der Waals surface area contributed by atoms with Gasteiger partial charge in [0.1, 0.15) is 5.82 Å². The van der Waals surface area contributed by atoms with Crippen LogP contribution in [0.2, 0.25) is 0 Å². The van der Waals surface area contributed by atoms with E-state index in [1.165, 1.54) is 67.3 Å². The number of nitrogens with one attached hydrogen (secondary N) is 1. The van der Waals surface area contributed by atoms with E-state index in [9.17, 15) is 0 Å². The summed E-state index contributed by atoms with van der Waals surface area (Å²) in [5.74, 6) is 1.19. The summed E-state index contributed by atoms with van der Waals surface area (Å²) < 4.78 is 0. The number of fused-ring (bicyclic) bond motifs is 1. The standard InChI is InChI=1S/C22H31N3/c1-16-8-9-21-18(14-16)15-17(2)22(24-21)25-12-10-20(11-13-25)23-19-6-4-3-5-7-19/h8-9,14-15,19-20,23H,3-7,10-13H2,1-2H3. The van der Waals surface area contributed by atoms with E-state index in [1.807, 2.05) is 0 Å². The van der Waals surface area contributed by atoms with Crippen LogP contribution in [0.25, 0.3) is 10.9 Å². The molecule has 3 nitrogen and oxygen atoms in total. The number of hydrogen-bond donors (Lipinski definition) is 1. The fourth-order valence-corrected chi connectivity index (χ4v) is 4.57. The van der Waals surface area contributed by atoms with Crippen LogP contribution in [0.3, 0.4) is 0 Å². The molecule has 1 N–H and O–H groups in total. The lowest BCUT2D eigenvalue weighted by molar-refractivity contribution is 0.307. The van der Waals surface area contributed by atoms with Gasteiger partial charge in [0.2, 0.25) is 0 Å². The molecule has 25 heavy (non-hydrogen) atoms. The fourth-order valence-electron chi connectivity index (χ4n) is 4.57. The molecule has 0 spiro atoms. The molecule has 2 heterocycles. The fraction of sp³-hybridized carbons (Fsp3) is 0.591. The van der Waals surface area contributed by atoms with Gasteiger partial charge < -0.3 is 10.2 Å². The van der Waals surface area contributed by atoms with Crippen LogP contribution in [0.5, 0.6) is 0 Å². The number of piperidine rings is 1. The van der Waals surface area contributed by atoms with Crippen LogP contribution in [-0.2, 0) is 0 Å². The van der Waals surface area contributed by atoms with Crippen molar-refractivity contribution in [2.24, 2.45) is 0 Å². The maximum Gasteiger partial charge on any atom is 0.132 e.